The maximum absolute atomic E-state index is 12.6. The quantitative estimate of drug-likeness (QED) is 0.543. The fourth-order valence-corrected chi connectivity index (χ4v) is 4.18. The summed E-state index contributed by atoms with van der Waals surface area (Å²) >= 11 is 1.48. The van der Waals surface area contributed by atoms with Crippen molar-refractivity contribution in [2.75, 3.05) is 27.2 Å². The Morgan fingerprint density at radius 1 is 1.14 bits per heavy atom. The van der Waals surface area contributed by atoms with Gasteiger partial charge in [0.15, 0.2) is 5.65 Å². The van der Waals surface area contributed by atoms with Crippen molar-refractivity contribution in [3.63, 3.8) is 0 Å². The van der Waals surface area contributed by atoms with Crippen LogP contribution >= 0.6 is 11.3 Å². The van der Waals surface area contributed by atoms with Crippen LogP contribution in [-0.4, -0.2) is 62.8 Å². The molecule has 0 aliphatic carbocycles. The fraction of sp³-hybridized carbons (Fsp3) is 0.300. The van der Waals surface area contributed by atoms with E-state index in [1.54, 1.807) is 16.9 Å². The molecule has 8 nitrogen and oxygen atoms in total. The molecule has 0 bridgehead atoms. The molecule has 1 saturated heterocycles. The average molecular weight is 410 g/mol. The Balaban J connectivity index is 0.000000645. The van der Waals surface area contributed by atoms with E-state index in [0.717, 1.165) is 58.7 Å². The minimum atomic E-state index is 0.130. The van der Waals surface area contributed by atoms with E-state index in [1.807, 2.05) is 49.0 Å². The van der Waals surface area contributed by atoms with Crippen LogP contribution < -0.4 is 5.32 Å². The summed E-state index contributed by atoms with van der Waals surface area (Å²) in [6, 6.07) is 1.95. The second kappa shape index (κ2) is 8.54. The number of aromatic nitrogens is 5. The molecule has 1 aliphatic heterocycles. The summed E-state index contributed by atoms with van der Waals surface area (Å²) < 4.78 is 1.76. The van der Waals surface area contributed by atoms with Gasteiger partial charge in [-0.3, -0.25) is 9.89 Å². The van der Waals surface area contributed by atoms with Gasteiger partial charge >= 0.3 is 0 Å². The van der Waals surface area contributed by atoms with Crippen molar-refractivity contribution in [2.45, 2.75) is 12.8 Å². The summed E-state index contributed by atoms with van der Waals surface area (Å²) in [7, 11) is 3.75. The molecule has 9 heteroatoms. The van der Waals surface area contributed by atoms with Gasteiger partial charge in [0.25, 0.3) is 5.91 Å². The number of hydrogen-bond donors (Lipinski definition) is 2. The number of carbonyl (C=O) groups is 1. The number of nitrogens with one attached hydrogen (secondary N) is 2. The lowest BCUT2D eigenvalue weighted by Gasteiger charge is -2.13. The zero-order chi connectivity index (χ0) is 20.2. The van der Waals surface area contributed by atoms with E-state index < -0.39 is 0 Å². The third kappa shape index (κ3) is 3.92. The topological polar surface area (TPSA) is 91.2 Å². The Morgan fingerprint density at radius 2 is 1.93 bits per heavy atom. The van der Waals surface area contributed by atoms with Crippen LogP contribution in [0.4, 0.5) is 0 Å². The maximum atomic E-state index is 12.6. The molecular formula is C20H23N7OS. The van der Waals surface area contributed by atoms with Crippen LogP contribution in [0.2, 0.25) is 0 Å². The van der Waals surface area contributed by atoms with Crippen LogP contribution in [0.3, 0.4) is 0 Å². The Kier molecular flexibility index (Phi) is 5.68. The van der Waals surface area contributed by atoms with Crippen LogP contribution in [-0.2, 0) is 0 Å². The van der Waals surface area contributed by atoms with Gasteiger partial charge in [0.1, 0.15) is 0 Å². The molecule has 5 heterocycles. The third-order valence-corrected chi connectivity index (χ3v) is 5.62. The molecular weight excluding hydrogens is 386 g/mol. The van der Waals surface area contributed by atoms with Gasteiger partial charge in [-0.25, -0.2) is 9.50 Å². The lowest BCUT2D eigenvalue weighted by atomic mass is 10.1. The number of carbonyl (C=O) groups excluding carboxylic acids is 1. The standard InChI is InChI=1S/C18H16N6OS.C2H7N/c25-18(23-3-1-2-4-23)16-5-12(11-26-16)15-9-22-24-10-14(6-19-17(15)24)13-7-20-21-8-13;1-3-2/h5-11H,1-4H2,(H,20,21);3H,1-2H3. The molecule has 1 fully saturated rings. The summed E-state index contributed by atoms with van der Waals surface area (Å²) in [4.78, 5) is 19.8. The van der Waals surface area contributed by atoms with E-state index in [4.69, 9.17) is 0 Å². The van der Waals surface area contributed by atoms with Crippen molar-refractivity contribution in [2.24, 2.45) is 0 Å². The number of thiophene rings is 1. The number of H-pyrrole nitrogens is 1. The highest BCUT2D eigenvalue weighted by atomic mass is 32.1. The Labute approximate surface area is 172 Å². The van der Waals surface area contributed by atoms with Crippen molar-refractivity contribution in [3.8, 4) is 22.3 Å². The van der Waals surface area contributed by atoms with Gasteiger partial charge in [-0.2, -0.15) is 10.2 Å². The summed E-state index contributed by atoms with van der Waals surface area (Å²) in [5, 5.41) is 16.0. The first kappa shape index (κ1) is 19.3. The van der Waals surface area contributed by atoms with Gasteiger partial charge in [0, 0.05) is 48.4 Å². The Bertz CT molecular complexity index is 1090. The molecule has 0 saturated carbocycles. The largest absolute Gasteiger partial charge is 0.338 e. The van der Waals surface area contributed by atoms with Gasteiger partial charge in [0.2, 0.25) is 0 Å². The summed E-state index contributed by atoms with van der Waals surface area (Å²) in [6.45, 7) is 1.72. The van der Waals surface area contributed by atoms with Crippen LogP contribution in [0.1, 0.15) is 22.5 Å². The molecule has 4 aromatic rings. The van der Waals surface area contributed by atoms with Crippen molar-refractivity contribution in [1.29, 1.82) is 0 Å². The van der Waals surface area contributed by atoms with E-state index in [2.05, 4.69) is 25.6 Å². The van der Waals surface area contributed by atoms with Crippen molar-refractivity contribution in [3.05, 3.63) is 47.3 Å². The van der Waals surface area contributed by atoms with E-state index in [9.17, 15) is 4.79 Å². The molecule has 0 aromatic carbocycles. The molecule has 2 N–H and O–H groups in total. The number of hydrogen-bond acceptors (Lipinski definition) is 6. The highest BCUT2D eigenvalue weighted by molar-refractivity contribution is 7.12. The predicted octanol–water partition coefficient (Wildman–Crippen LogP) is 2.92. The fourth-order valence-electron chi connectivity index (χ4n) is 3.30. The number of likely N-dealkylation sites (tertiary alicyclic amines) is 1. The molecule has 0 spiro atoms. The molecule has 29 heavy (non-hydrogen) atoms. The van der Waals surface area contributed by atoms with Crippen LogP contribution in [0, 0.1) is 0 Å². The molecule has 0 radical (unpaired) electrons. The number of rotatable bonds is 3. The lowest BCUT2D eigenvalue weighted by Crippen LogP contribution is -2.26. The molecule has 0 atom stereocenters. The highest BCUT2D eigenvalue weighted by Crippen LogP contribution is 2.30. The SMILES string of the molecule is CNC.O=C(c1cc(-c2cnn3cc(-c4cn[nH]c4)cnc23)cs1)N1CCCC1. The number of aromatic amines is 1. The van der Waals surface area contributed by atoms with Gasteiger partial charge in [0.05, 0.1) is 17.3 Å². The predicted molar refractivity (Wildman–Crippen MR) is 114 cm³/mol. The van der Waals surface area contributed by atoms with Crippen molar-refractivity contribution in [1.82, 2.24) is 35.0 Å². The Morgan fingerprint density at radius 3 is 2.66 bits per heavy atom. The van der Waals surface area contributed by atoms with Crippen molar-refractivity contribution >= 4 is 22.9 Å². The second-order valence-electron chi connectivity index (χ2n) is 6.85. The number of fused-ring (bicyclic) bond motifs is 1. The van der Waals surface area contributed by atoms with E-state index in [0.29, 0.717) is 0 Å². The Hall–Kier alpha value is -3.04. The van der Waals surface area contributed by atoms with E-state index in [-0.39, 0.29) is 5.91 Å². The summed E-state index contributed by atoms with van der Waals surface area (Å²) in [6.07, 6.45) is 11.3. The van der Waals surface area contributed by atoms with Gasteiger partial charge < -0.3 is 10.2 Å². The molecule has 4 aromatic heterocycles. The summed E-state index contributed by atoms with van der Waals surface area (Å²) in [5.41, 5.74) is 4.59. The normalized spacial score (nSPS) is 13.5. The van der Waals surface area contributed by atoms with Gasteiger partial charge in [-0.05, 0) is 43.9 Å². The van der Waals surface area contributed by atoms with Crippen molar-refractivity contribution < 1.29 is 4.79 Å². The monoisotopic (exact) mass is 409 g/mol. The van der Waals surface area contributed by atoms with E-state index in [1.165, 1.54) is 11.3 Å². The first-order valence-corrected chi connectivity index (χ1v) is 10.4. The van der Waals surface area contributed by atoms with Gasteiger partial charge in [-0.15, -0.1) is 11.3 Å². The number of nitrogens with zero attached hydrogens (tertiary/aromatic N) is 5. The smallest absolute Gasteiger partial charge is 0.263 e. The van der Waals surface area contributed by atoms with Crippen LogP contribution in [0.25, 0.3) is 27.9 Å². The molecule has 1 aliphatic rings. The third-order valence-electron chi connectivity index (χ3n) is 4.70. The first-order valence-electron chi connectivity index (χ1n) is 9.50. The second-order valence-corrected chi connectivity index (χ2v) is 7.77. The van der Waals surface area contributed by atoms with Crippen LogP contribution in [0.15, 0.2) is 42.4 Å². The first-order chi connectivity index (χ1) is 14.2. The minimum Gasteiger partial charge on any atom is -0.338 e. The molecule has 0 unspecified atom stereocenters. The minimum absolute atomic E-state index is 0.130. The van der Waals surface area contributed by atoms with Gasteiger partial charge in [-0.1, -0.05) is 0 Å². The molecule has 1 amide bonds. The maximum Gasteiger partial charge on any atom is 0.263 e. The molecule has 150 valence electrons. The lowest BCUT2D eigenvalue weighted by molar-refractivity contribution is 0.0797. The number of amides is 1. The molecule has 5 rings (SSSR count). The van der Waals surface area contributed by atoms with Crippen LogP contribution in [0.5, 0.6) is 0 Å². The summed E-state index contributed by atoms with van der Waals surface area (Å²) in [5.74, 6) is 0.130. The highest BCUT2D eigenvalue weighted by Gasteiger charge is 2.21. The zero-order valence-corrected chi connectivity index (χ0v) is 17.2. The zero-order valence-electron chi connectivity index (χ0n) is 16.4. The average Bonchev–Trinajstić information content (AvgIpc) is 3.54. The van der Waals surface area contributed by atoms with E-state index >= 15 is 0 Å².